The number of benzene rings is 1. The van der Waals surface area contributed by atoms with E-state index in [0.29, 0.717) is 25.6 Å². The normalized spacial score (nSPS) is 10.1. The van der Waals surface area contributed by atoms with Gasteiger partial charge >= 0.3 is 5.97 Å². The Kier molecular flexibility index (Phi) is 4.84. The molecule has 0 bridgehead atoms. The van der Waals surface area contributed by atoms with Gasteiger partial charge in [0.2, 0.25) is 0 Å². The van der Waals surface area contributed by atoms with Gasteiger partial charge in [-0.25, -0.2) is 13.6 Å². The molecule has 1 aromatic carbocycles. The molecule has 0 amide bonds. The summed E-state index contributed by atoms with van der Waals surface area (Å²) in [5.41, 5.74) is 5.04. The van der Waals surface area contributed by atoms with E-state index in [-0.39, 0.29) is 11.3 Å². The van der Waals surface area contributed by atoms with Crippen molar-refractivity contribution in [3.63, 3.8) is 0 Å². The smallest absolute Gasteiger partial charge is 0.340 e. The number of methoxy groups -OCH3 is 1. The third kappa shape index (κ3) is 3.39. The van der Waals surface area contributed by atoms with Gasteiger partial charge in [-0.05, 0) is 19.0 Å². The topological polar surface area (TPSA) is 64.3 Å². The second-order valence-corrected chi connectivity index (χ2v) is 3.37. The molecule has 0 aliphatic carbocycles. The highest BCUT2D eigenvalue weighted by atomic mass is 19.1. The van der Waals surface area contributed by atoms with Gasteiger partial charge in [0.25, 0.3) is 0 Å². The average Bonchev–Trinajstić information content (AvgIpc) is 2.31. The molecule has 0 saturated carbocycles. The van der Waals surface area contributed by atoms with Crippen LogP contribution >= 0.6 is 0 Å². The molecular formula is C11H14F2N2O2. The molecule has 0 saturated heterocycles. The maximum absolute atomic E-state index is 13.3. The highest BCUT2D eigenvalue weighted by Gasteiger charge is 2.16. The first-order valence-electron chi connectivity index (χ1n) is 5.11. The maximum Gasteiger partial charge on any atom is 0.340 e. The molecule has 0 aliphatic rings. The number of nitrogens with two attached hydrogens (primary N) is 1. The molecule has 17 heavy (non-hydrogen) atoms. The van der Waals surface area contributed by atoms with Crippen molar-refractivity contribution in [2.24, 2.45) is 5.73 Å². The number of ether oxygens (including phenoxy) is 1. The predicted octanol–water partition coefficient (Wildman–Crippen LogP) is 1.51. The Morgan fingerprint density at radius 2 is 2.12 bits per heavy atom. The second kappa shape index (κ2) is 6.15. The molecule has 0 spiro atoms. The van der Waals surface area contributed by atoms with E-state index in [9.17, 15) is 13.6 Å². The molecule has 94 valence electrons. The highest BCUT2D eigenvalue weighted by Crippen LogP contribution is 2.20. The van der Waals surface area contributed by atoms with Crippen molar-refractivity contribution in [2.45, 2.75) is 6.42 Å². The molecule has 0 atom stereocenters. The SMILES string of the molecule is COC(=O)c1cc(NCCCN)c(F)cc1F. The van der Waals surface area contributed by atoms with E-state index in [0.717, 1.165) is 13.2 Å². The molecular weight excluding hydrogens is 230 g/mol. The van der Waals surface area contributed by atoms with Crippen molar-refractivity contribution in [1.29, 1.82) is 0 Å². The molecule has 6 heteroatoms. The Labute approximate surface area is 97.8 Å². The molecule has 0 fully saturated rings. The summed E-state index contributed by atoms with van der Waals surface area (Å²) in [4.78, 5) is 11.2. The number of halogens is 2. The Morgan fingerprint density at radius 1 is 1.41 bits per heavy atom. The number of anilines is 1. The molecule has 0 unspecified atom stereocenters. The molecule has 1 aromatic rings. The second-order valence-electron chi connectivity index (χ2n) is 3.37. The minimum Gasteiger partial charge on any atom is -0.465 e. The molecule has 0 radical (unpaired) electrons. The molecule has 0 aromatic heterocycles. The fraction of sp³-hybridized carbons (Fsp3) is 0.364. The van der Waals surface area contributed by atoms with Crippen LogP contribution in [-0.2, 0) is 4.74 Å². The number of rotatable bonds is 5. The fourth-order valence-electron chi connectivity index (χ4n) is 1.28. The van der Waals surface area contributed by atoms with Crippen molar-refractivity contribution in [3.05, 3.63) is 29.3 Å². The van der Waals surface area contributed by atoms with E-state index >= 15 is 0 Å². The standard InChI is InChI=1S/C11H14F2N2O2/c1-17-11(16)7-5-10(15-4-2-3-14)9(13)6-8(7)12/h5-6,15H,2-4,14H2,1H3. The Balaban J connectivity index is 2.93. The lowest BCUT2D eigenvalue weighted by Crippen LogP contribution is -2.11. The Hall–Kier alpha value is -1.69. The van der Waals surface area contributed by atoms with Crippen LogP contribution in [0.1, 0.15) is 16.8 Å². The molecule has 4 nitrogen and oxygen atoms in total. The van der Waals surface area contributed by atoms with Gasteiger partial charge in [0.1, 0.15) is 11.6 Å². The van der Waals surface area contributed by atoms with Crippen molar-refractivity contribution in [2.75, 3.05) is 25.5 Å². The van der Waals surface area contributed by atoms with Crippen LogP contribution in [0.15, 0.2) is 12.1 Å². The highest BCUT2D eigenvalue weighted by molar-refractivity contribution is 5.90. The van der Waals surface area contributed by atoms with Gasteiger partial charge < -0.3 is 15.8 Å². The number of esters is 1. The predicted molar refractivity (Wildman–Crippen MR) is 59.9 cm³/mol. The molecule has 0 heterocycles. The summed E-state index contributed by atoms with van der Waals surface area (Å²) in [5, 5.41) is 2.73. The maximum atomic E-state index is 13.3. The van der Waals surface area contributed by atoms with Gasteiger partial charge in [-0.3, -0.25) is 0 Å². The van der Waals surface area contributed by atoms with Crippen LogP contribution in [0.2, 0.25) is 0 Å². The van der Waals surface area contributed by atoms with Crippen molar-refractivity contribution >= 4 is 11.7 Å². The van der Waals surface area contributed by atoms with E-state index in [2.05, 4.69) is 10.1 Å². The first-order chi connectivity index (χ1) is 8.10. The lowest BCUT2D eigenvalue weighted by atomic mass is 10.1. The van der Waals surface area contributed by atoms with E-state index in [1.165, 1.54) is 0 Å². The first-order valence-corrected chi connectivity index (χ1v) is 5.11. The minimum absolute atomic E-state index is 0.0558. The van der Waals surface area contributed by atoms with Crippen LogP contribution in [-0.4, -0.2) is 26.2 Å². The average molecular weight is 244 g/mol. The molecule has 0 aliphatic heterocycles. The summed E-state index contributed by atoms with van der Waals surface area (Å²) in [6.07, 6.45) is 0.643. The van der Waals surface area contributed by atoms with Crippen molar-refractivity contribution < 1.29 is 18.3 Å². The van der Waals surface area contributed by atoms with Crippen LogP contribution < -0.4 is 11.1 Å². The summed E-state index contributed by atoms with van der Waals surface area (Å²) < 4.78 is 31.0. The Morgan fingerprint density at radius 3 is 2.71 bits per heavy atom. The van der Waals surface area contributed by atoms with Gasteiger partial charge in [0.05, 0.1) is 18.4 Å². The zero-order chi connectivity index (χ0) is 12.8. The minimum atomic E-state index is -0.946. The monoisotopic (exact) mass is 244 g/mol. The van der Waals surface area contributed by atoms with Crippen molar-refractivity contribution in [3.8, 4) is 0 Å². The number of nitrogens with one attached hydrogen (secondary N) is 1. The van der Waals surface area contributed by atoms with E-state index in [4.69, 9.17) is 5.73 Å². The third-order valence-corrected chi connectivity index (χ3v) is 2.16. The quantitative estimate of drug-likeness (QED) is 0.608. The van der Waals surface area contributed by atoms with Gasteiger partial charge in [-0.1, -0.05) is 0 Å². The van der Waals surface area contributed by atoms with Gasteiger partial charge in [-0.15, -0.1) is 0 Å². The van der Waals surface area contributed by atoms with Crippen LogP contribution in [0.5, 0.6) is 0 Å². The number of hydrogen-bond acceptors (Lipinski definition) is 4. The van der Waals surface area contributed by atoms with Crippen LogP contribution in [0.25, 0.3) is 0 Å². The van der Waals surface area contributed by atoms with Crippen molar-refractivity contribution in [1.82, 2.24) is 0 Å². The fourth-order valence-corrected chi connectivity index (χ4v) is 1.28. The van der Waals surface area contributed by atoms with E-state index in [1.54, 1.807) is 0 Å². The van der Waals surface area contributed by atoms with Crippen LogP contribution in [0, 0.1) is 11.6 Å². The zero-order valence-corrected chi connectivity index (χ0v) is 9.43. The van der Waals surface area contributed by atoms with Gasteiger partial charge in [0.15, 0.2) is 0 Å². The summed E-state index contributed by atoms with van der Waals surface area (Å²) in [6, 6.07) is 1.74. The number of carbonyl (C=O) groups excluding carboxylic acids is 1. The lowest BCUT2D eigenvalue weighted by molar-refractivity contribution is 0.0595. The largest absolute Gasteiger partial charge is 0.465 e. The lowest BCUT2D eigenvalue weighted by Gasteiger charge is -2.09. The van der Waals surface area contributed by atoms with E-state index in [1.807, 2.05) is 0 Å². The third-order valence-electron chi connectivity index (χ3n) is 2.16. The summed E-state index contributed by atoms with van der Waals surface area (Å²) >= 11 is 0. The summed E-state index contributed by atoms with van der Waals surface area (Å²) in [5.74, 6) is -2.55. The van der Waals surface area contributed by atoms with E-state index < -0.39 is 17.6 Å². The van der Waals surface area contributed by atoms with Gasteiger partial charge in [-0.2, -0.15) is 0 Å². The zero-order valence-electron chi connectivity index (χ0n) is 9.43. The van der Waals surface area contributed by atoms with Crippen LogP contribution in [0.3, 0.4) is 0 Å². The summed E-state index contributed by atoms with van der Waals surface area (Å²) in [6.45, 7) is 0.902. The Bertz CT molecular complexity index is 411. The molecule has 1 rings (SSSR count). The van der Waals surface area contributed by atoms with Gasteiger partial charge in [0, 0.05) is 12.6 Å². The first kappa shape index (κ1) is 13.4. The number of carbonyl (C=O) groups is 1. The van der Waals surface area contributed by atoms with Crippen LogP contribution in [0.4, 0.5) is 14.5 Å². The molecule has 3 N–H and O–H groups in total. The summed E-state index contributed by atoms with van der Waals surface area (Å²) in [7, 11) is 1.13. The number of hydrogen-bond donors (Lipinski definition) is 2.